The van der Waals surface area contributed by atoms with Gasteiger partial charge in [0.25, 0.3) is 5.91 Å². The fourth-order valence-corrected chi connectivity index (χ4v) is 2.68. The second-order valence-corrected chi connectivity index (χ2v) is 5.14. The van der Waals surface area contributed by atoms with E-state index >= 15 is 0 Å². The Morgan fingerprint density at radius 3 is 2.58 bits per heavy atom. The maximum atomic E-state index is 12.4. The molecule has 1 N–H and O–H groups in total. The molecule has 0 aromatic heterocycles. The highest BCUT2D eigenvalue weighted by Crippen LogP contribution is 2.34. The summed E-state index contributed by atoms with van der Waals surface area (Å²) in [5.74, 6) is -0.861. The average Bonchev–Trinajstić information content (AvgIpc) is 2.47. The van der Waals surface area contributed by atoms with Gasteiger partial charge in [0, 0.05) is 18.7 Å². The number of rotatable bonds is 3. The van der Waals surface area contributed by atoms with Crippen molar-refractivity contribution in [3.8, 4) is 0 Å². The molecule has 1 heterocycles. The van der Waals surface area contributed by atoms with Crippen LogP contribution in [0.3, 0.4) is 0 Å². The van der Waals surface area contributed by atoms with E-state index in [4.69, 9.17) is 0 Å². The Labute approximate surface area is 113 Å². The molecule has 1 aliphatic rings. The van der Waals surface area contributed by atoms with E-state index in [9.17, 15) is 14.7 Å². The summed E-state index contributed by atoms with van der Waals surface area (Å²) in [5, 5.41) is 9.42. The number of carboxylic acid groups (broad SMARTS) is 1. The molecular weight excluding hydrogens is 242 g/mol. The van der Waals surface area contributed by atoms with E-state index in [1.807, 2.05) is 25.1 Å². The standard InChI is InChI=1S/C15H19NO3/c1-2-15(14(18)19)9-6-10-16(11-15)13(17)12-7-4-3-5-8-12/h3-5,7-8H,2,6,9-11H2,1H3,(H,18,19). The molecule has 1 atom stereocenters. The van der Waals surface area contributed by atoms with E-state index in [2.05, 4.69) is 0 Å². The Kier molecular flexibility index (Phi) is 3.88. The van der Waals surface area contributed by atoms with E-state index in [1.165, 1.54) is 0 Å². The molecule has 0 saturated carbocycles. The number of aliphatic carboxylic acids is 1. The van der Waals surface area contributed by atoms with Gasteiger partial charge in [-0.05, 0) is 31.4 Å². The molecule has 0 spiro atoms. The van der Waals surface area contributed by atoms with Gasteiger partial charge < -0.3 is 10.0 Å². The molecule has 19 heavy (non-hydrogen) atoms. The summed E-state index contributed by atoms with van der Waals surface area (Å²) in [5.41, 5.74) is -0.150. The molecule has 1 aromatic rings. The lowest BCUT2D eigenvalue weighted by Crippen LogP contribution is -2.49. The first kappa shape index (κ1) is 13.6. The highest BCUT2D eigenvalue weighted by Gasteiger charge is 2.42. The fraction of sp³-hybridized carbons (Fsp3) is 0.467. The number of hydrogen-bond donors (Lipinski definition) is 1. The fourth-order valence-electron chi connectivity index (χ4n) is 2.68. The van der Waals surface area contributed by atoms with Crippen molar-refractivity contribution in [3.63, 3.8) is 0 Å². The van der Waals surface area contributed by atoms with Crippen LogP contribution in [0.25, 0.3) is 0 Å². The number of hydrogen-bond acceptors (Lipinski definition) is 2. The second kappa shape index (κ2) is 5.43. The Morgan fingerprint density at radius 2 is 2.00 bits per heavy atom. The van der Waals surface area contributed by atoms with Gasteiger partial charge in [0.15, 0.2) is 0 Å². The molecule has 1 aromatic carbocycles. The number of likely N-dealkylation sites (tertiary alicyclic amines) is 1. The first-order chi connectivity index (χ1) is 9.09. The van der Waals surface area contributed by atoms with Gasteiger partial charge in [-0.3, -0.25) is 9.59 Å². The number of benzene rings is 1. The maximum absolute atomic E-state index is 12.4. The van der Waals surface area contributed by atoms with Gasteiger partial charge in [-0.1, -0.05) is 25.1 Å². The molecule has 0 aliphatic carbocycles. The van der Waals surface area contributed by atoms with Crippen LogP contribution in [0.1, 0.15) is 36.5 Å². The molecule has 1 unspecified atom stereocenters. The Bertz CT molecular complexity index is 472. The first-order valence-corrected chi connectivity index (χ1v) is 6.67. The number of nitrogens with zero attached hydrogens (tertiary/aromatic N) is 1. The van der Waals surface area contributed by atoms with Gasteiger partial charge >= 0.3 is 5.97 Å². The van der Waals surface area contributed by atoms with Crippen LogP contribution in [-0.2, 0) is 4.79 Å². The average molecular weight is 261 g/mol. The van der Waals surface area contributed by atoms with Crippen molar-refractivity contribution >= 4 is 11.9 Å². The predicted molar refractivity (Wildman–Crippen MR) is 71.9 cm³/mol. The van der Waals surface area contributed by atoms with E-state index in [0.717, 1.165) is 6.42 Å². The van der Waals surface area contributed by atoms with Gasteiger partial charge in [0.1, 0.15) is 0 Å². The molecule has 4 heteroatoms. The van der Waals surface area contributed by atoms with Crippen molar-refractivity contribution < 1.29 is 14.7 Å². The minimum Gasteiger partial charge on any atom is -0.481 e. The number of amides is 1. The quantitative estimate of drug-likeness (QED) is 0.909. The molecule has 102 valence electrons. The molecule has 0 radical (unpaired) electrons. The Balaban J connectivity index is 2.18. The second-order valence-electron chi connectivity index (χ2n) is 5.14. The van der Waals surface area contributed by atoms with E-state index in [0.29, 0.717) is 31.5 Å². The zero-order valence-electron chi connectivity index (χ0n) is 11.1. The number of carboxylic acids is 1. The smallest absolute Gasteiger partial charge is 0.311 e. The zero-order chi connectivity index (χ0) is 13.9. The van der Waals surface area contributed by atoms with Gasteiger partial charge in [-0.15, -0.1) is 0 Å². The molecule has 1 saturated heterocycles. The van der Waals surface area contributed by atoms with Crippen molar-refractivity contribution in [1.82, 2.24) is 4.90 Å². The van der Waals surface area contributed by atoms with Crippen LogP contribution < -0.4 is 0 Å². The third-order valence-corrected chi connectivity index (χ3v) is 4.02. The number of piperidine rings is 1. The highest BCUT2D eigenvalue weighted by atomic mass is 16.4. The van der Waals surface area contributed by atoms with Crippen molar-refractivity contribution in [3.05, 3.63) is 35.9 Å². The minimum atomic E-state index is -0.791. The summed E-state index contributed by atoms with van der Waals surface area (Å²) >= 11 is 0. The van der Waals surface area contributed by atoms with Crippen molar-refractivity contribution in [2.75, 3.05) is 13.1 Å². The lowest BCUT2D eigenvalue weighted by molar-refractivity contribution is -0.152. The zero-order valence-corrected chi connectivity index (χ0v) is 11.1. The summed E-state index contributed by atoms with van der Waals surface area (Å²) in [7, 11) is 0. The van der Waals surface area contributed by atoms with Crippen LogP contribution >= 0.6 is 0 Å². The van der Waals surface area contributed by atoms with Crippen molar-refractivity contribution in [1.29, 1.82) is 0 Å². The van der Waals surface area contributed by atoms with Gasteiger partial charge in [-0.25, -0.2) is 0 Å². The third kappa shape index (κ3) is 2.62. The molecule has 1 aliphatic heterocycles. The van der Waals surface area contributed by atoms with E-state index < -0.39 is 11.4 Å². The molecule has 1 amide bonds. The summed E-state index contributed by atoms with van der Waals surface area (Å²) in [6.45, 7) is 2.83. The first-order valence-electron chi connectivity index (χ1n) is 6.67. The maximum Gasteiger partial charge on any atom is 0.311 e. The summed E-state index contributed by atoms with van der Waals surface area (Å²) < 4.78 is 0. The molecular formula is C15H19NO3. The van der Waals surface area contributed by atoms with Crippen LogP contribution in [0.5, 0.6) is 0 Å². The van der Waals surface area contributed by atoms with Gasteiger partial charge in [0.05, 0.1) is 5.41 Å². The Hall–Kier alpha value is -1.84. The Morgan fingerprint density at radius 1 is 1.32 bits per heavy atom. The number of carbonyl (C=O) groups is 2. The number of carbonyl (C=O) groups excluding carboxylic acids is 1. The monoisotopic (exact) mass is 261 g/mol. The molecule has 2 rings (SSSR count). The lowest BCUT2D eigenvalue weighted by Gasteiger charge is -2.39. The highest BCUT2D eigenvalue weighted by molar-refractivity contribution is 5.94. The molecule has 0 bridgehead atoms. The van der Waals surface area contributed by atoms with Crippen molar-refractivity contribution in [2.45, 2.75) is 26.2 Å². The minimum absolute atomic E-state index is 0.0700. The van der Waals surface area contributed by atoms with Crippen LogP contribution in [0.2, 0.25) is 0 Å². The normalized spacial score (nSPS) is 23.1. The topological polar surface area (TPSA) is 57.6 Å². The predicted octanol–water partition coefficient (Wildman–Crippen LogP) is 2.40. The van der Waals surface area contributed by atoms with Crippen LogP contribution in [-0.4, -0.2) is 35.0 Å². The third-order valence-electron chi connectivity index (χ3n) is 4.02. The van der Waals surface area contributed by atoms with E-state index in [-0.39, 0.29) is 5.91 Å². The van der Waals surface area contributed by atoms with Crippen LogP contribution in [0, 0.1) is 5.41 Å². The molecule has 1 fully saturated rings. The van der Waals surface area contributed by atoms with Crippen molar-refractivity contribution in [2.24, 2.45) is 5.41 Å². The summed E-state index contributed by atoms with van der Waals surface area (Å²) in [6.07, 6.45) is 1.96. The van der Waals surface area contributed by atoms with Crippen LogP contribution in [0.15, 0.2) is 30.3 Å². The van der Waals surface area contributed by atoms with Gasteiger partial charge in [0.2, 0.25) is 0 Å². The SMILES string of the molecule is CCC1(C(=O)O)CCCN(C(=O)c2ccccc2)C1. The summed E-state index contributed by atoms with van der Waals surface area (Å²) in [6, 6.07) is 9.04. The largest absolute Gasteiger partial charge is 0.481 e. The summed E-state index contributed by atoms with van der Waals surface area (Å²) in [4.78, 5) is 25.5. The lowest BCUT2D eigenvalue weighted by atomic mass is 9.77. The van der Waals surface area contributed by atoms with Gasteiger partial charge in [-0.2, -0.15) is 0 Å². The molecule has 4 nitrogen and oxygen atoms in total. The van der Waals surface area contributed by atoms with E-state index in [1.54, 1.807) is 17.0 Å². The van der Waals surface area contributed by atoms with Crippen LogP contribution in [0.4, 0.5) is 0 Å².